The van der Waals surface area contributed by atoms with E-state index >= 15 is 0 Å². The highest BCUT2D eigenvalue weighted by Crippen LogP contribution is 2.38. The molecule has 0 spiro atoms. The van der Waals surface area contributed by atoms with Gasteiger partial charge in [0.1, 0.15) is 6.61 Å². The van der Waals surface area contributed by atoms with E-state index in [9.17, 15) is 32.7 Å². The number of fused-ring (bicyclic) bond motifs is 3. The zero-order valence-electron chi connectivity index (χ0n) is 20.0. The van der Waals surface area contributed by atoms with E-state index in [0.29, 0.717) is 37.2 Å². The molecule has 198 valence electrons. The molecule has 4 heterocycles. The zero-order chi connectivity index (χ0) is 26.3. The lowest BCUT2D eigenvalue weighted by Crippen LogP contribution is -2.55. The maximum Gasteiger partial charge on any atom is 0.416 e. The summed E-state index contributed by atoms with van der Waals surface area (Å²) >= 11 is 0. The third-order valence-electron chi connectivity index (χ3n) is 7.48. The number of carbonyl (C=O) groups is 3. The highest BCUT2D eigenvalue weighted by Gasteiger charge is 2.44. The normalized spacial score (nSPS) is 23.4. The van der Waals surface area contributed by atoms with Gasteiger partial charge in [-0.05, 0) is 55.9 Å². The van der Waals surface area contributed by atoms with Crippen LogP contribution in [0, 0.1) is 5.92 Å². The number of nitrogens with zero attached hydrogens (tertiary/aromatic N) is 4. The topological polar surface area (TPSA) is 105 Å². The van der Waals surface area contributed by atoms with E-state index in [2.05, 4.69) is 5.10 Å². The van der Waals surface area contributed by atoms with Crippen LogP contribution in [0.5, 0.6) is 0 Å². The number of carboxylic acids is 1. The fourth-order valence-electron chi connectivity index (χ4n) is 5.60. The molecule has 2 saturated heterocycles. The molecule has 0 saturated carbocycles. The number of halogens is 3. The number of ether oxygens (including phenoxy) is 1. The Labute approximate surface area is 210 Å². The van der Waals surface area contributed by atoms with Crippen molar-refractivity contribution >= 4 is 18.0 Å². The Bertz CT molecular complexity index is 1180. The maximum atomic E-state index is 13.4. The van der Waals surface area contributed by atoms with Crippen molar-refractivity contribution in [1.29, 1.82) is 0 Å². The summed E-state index contributed by atoms with van der Waals surface area (Å²) in [7, 11) is 0. The number of alkyl halides is 3. The minimum absolute atomic E-state index is 0.114. The lowest BCUT2D eigenvalue weighted by atomic mass is 9.78. The van der Waals surface area contributed by atoms with Gasteiger partial charge in [-0.2, -0.15) is 18.3 Å². The number of aromatic nitrogens is 2. The quantitative estimate of drug-likeness (QED) is 0.656. The number of piperidine rings is 2. The van der Waals surface area contributed by atoms with Crippen molar-refractivity contribution in [2.24, 2.45) is 5.92 Å². The van der Waals surface area contributed by atoms with Gasteiger partial charge in [-0.3, -0.25) is 14.3 Å². The lowest BCUT2D eigenvalue weighted by molar-refractivity contribution is -0.145. The second-order valence-corrected chi connectivity index (χ2v) is 9.87. The first-order chi connectivity index (χ1) is 17.6. The van der Waals surface area contributed by atoms with E-state index in [4.69, 9.17) is 4.74 Å². The highest BCUT2D eigenvalue weighted by molar-refractivity contribution is 5.93. The van der Waals surface area contributed by atoms with Crippen molar-refractivity contribution in [2.45, 2.75) is 70.1 Å². The Hall–Kier alpha value is -3.57. The van der Waals surface area contributed by atoms with Crippen LogP contribution in [0.15, 0.2) is 30.3 Å². The monoisotopic (exact) mass is 520 g/mol. The van der Waals surface area contributed by atoms with Crippen LogP contribution in [-0.4, -0.2) is 61.3 Å². The van der Waals surface area contributed by atoms with E-state index < -0.39 is 29.7 Å². The van der Waals surface area contributed by atoms with Crippen molar-refractivity contribution in [3.05, 3.63) is 52.8 Å². The van der Waals surface area contributed by atoms with Crippen LogP contribution in [-0.2, 0) is 35.4 Å². The third-order valence-corrected chi connectivity index (χ3v) is 7.48. The highest BCUT2D eigenvalue weighted by atomic mass is 19.4. The number of benzene rings is 1. The minimum Gasteiger partial charge on any atom is -0.481 e. The molecule has 3 aliphatic heterocycles. The van der Waals surface area contributed by atoms with E-state index in [0.717, 1.165) is 31.4 Å². The van der Waals surface area contributed by atoms with Crippen molar-refractivity contribution in [3.8, 4) is 0 Å². The molecule has 9 nitrogen and oxygen atoms in total. The van der Waals surface area contributed by atoms with Gasteiger partial charge in [0.05, 0.1) is 30.3 Å². The number of hydrogen-bond acceptors (Lipinski definition) is 5. The average Bonchev–Trinajstić information content (AvgIpc) is 3.29. The number of carboxylic acid groups (broad SMARTS) is 1. The molecule has 5 rings (SSSR count). The number of amides is 2. The molecule has 0 radical (unpaired) electrons. The summed E-state index contributed by atoms with van der Waals surface area (Å²) in [6, 6.07) is 5.87. The molecule has 2 fully saturated rings. The standard InChI is InChI=1S/C25H27F3N4O5/c26-25(27,28)17-6-4-15(5-7-17)14-37-24(36)30-8-9-31-20(13-30)12-21(29-31)22(33)32-18-2-1-3-19(32)11-16(10-18)23(34)35/h4-7,12,16,18-19H,1-3,8-11,13-14H2,(H,34,35). The maximum absolute atomic E-state index is 13.4. The summed E-state index contributed by atoms with van der Waals surface area (Å²) in [5.74, 6) is -1.46. The number of carbonyl (C=O) groups excluding carboxylic acids is 2. The average molecular weight is 521 g/mol. The molecule has 2 unspecified atom stereocenters. The molecule has 37 heavy (non-hydrogen) atoms. The van der Waals surface area contributed by atoms with Crippen molar-refractivity contribution in [2.75, 3.05) is 6.54 Å². The Kier molecular flexibility index (Phi) is 6.59. The van der Waals surface area contributed by atoms with Gasteiger partial charge < -0.3 is 19.6 Å². The Morgan fingerprint density at radius 2 is 1.73 bits per heavy atom. The molecule has 2 amide bonds. The summed E-state index contributed by atoms with van der Waals surface area (Å²) in [6.45, 7) is 0.695. The molecule has 3 aliphatic rings. The first-order valence-electron chi connectivity index (χ1n) is 12.3. The van der Waals surface area contributed by atoms with Crippen LogP contribution in [0.25, 0.3) is 0 Å². The number of aliphatic carboxylic acids is 1. The summed E-state index contributed by atoms with van der Waals surface area (Å²) < 4.78 is 45.1. The van der Waals surface area contributed by atoms with Crippen molar-refractivity contribution in [3.63, 3.8) is 0 Å². The van der Waals surface area contributed by atoms with E-state index in [1.807, 2.05) is 4.90 Å². The van der Waals surface area contributed by atoms with Gasteiger partial charge in [-0.15, -0.1) is 0 Å². The molecule has 0 aliphatic carbocycles. The van der Waals surface area contributed by atoms with E-state index in [1.165, 1.54) is 17.0 Å². The molecule has 1 N–H and O–H groups in total. The fourth-order valence-corrected chi connectivity index (χ4v) is 5.60. The first kappa shape index (κ1) is 25.1. The van der Waals surface area contributed by atoms with E-state index in [-0.39, 0.29) is 36.8 Å². The van der Waals surface area contributed by atoms with Gasteiger partial charge >= 0.3 is 18.2 Å². The van der Waals surface area contributed by atoms with Crippen molar-refractivity contribution in [1.82, 2.24) is 19.6 Å². The van der Waals surface area contributed by atoms with Crippen LogP contribution in [0.3, 0.4) is 0 Å². The van der Waals surface area contributed by atoms with Gasteiger partial charge in [0, 0.05) is 18.6 Å². The summed E-state index contributed by atoms with van der Waals surface area (Å²) in [5, 5.41) is 13.9. The molecule has 2 aromatic rings. The van der Waals surface area contributed by atoms with Crippen LogP contribution in [0.1, 0.15) is 59.4 Å². The molecule has 12 heteroatoms. The number of hydrogen-bond donors (Lipinski definition) is 1. The van der Waals surface area contributed by atoms with E-state index in [1.54, 1.807) is 10.7 Å². The van der Waals surface area contributed by atoms with Gasteiger partial charge in [-0.1, -0.05) is 12.1 Å². The lowest BCUT2D eigenvalue weighted by Gasteiger charge is -2.47. The SMILES string of the molecule is O=C(O)C1CC2CCCC(C1)N2C(=O)c1cc2n(n1)CCN(C(=O)OCc1ccc(C(F)(F)F)cc1)C2. The molecule has 1 aromatic carbocycles. The van der Waals surface area contributed by atoms with Gasteiger partial charge in [0.2, 0.25) is 0 Å². The minimum atomic E-state index is -4.43. The fraction of sp³-hybridized carbons (Fsp3) is 0.520. The first-order valence-corrected chi connectivity index (χ1v) is 12.3. The van der Waals surface area contributed by atoms with Gasteiger partial charge in [0.15, 0.2) is 5.69 Å². The molecular formula is C25H27F3N4O5. The van der Waals surface area contributed by atoms with Crippen LogP contribution in [0.4, 0.5) is 18.0 Å². The third kappa shape index (κ3) is 5.14. The van der Waals surface area contributed by atoms with Gasteiger partial charge in [-0.25, -0.2) is 4.79 Å². The number of rotatable bonds is 4. The summed E-state index contributed by atoms with van der Waals surface area (Å²) in [4.78, 5) is 40.8. The second-order valence-electron chi connectivity index (χ2n) is 9.87. The molecular weight excluding hydrogens is 493 g/mol. The predicted octanol–water partition coefficient (Wildman–Crippen LogP) is 3.91. The smallest absolute Gasteiger partial charge is 0.416 e. The summed E-state index contributed by atoms with van der Waals surface area (Å²) in [6.07, 6.45) is -1.62. The van der Waals surface area contributed by atoms with Crippen LogP contribution in [0.2, 0.25) is 0 Å². The summed E-state index contributed by atoms with van der Waals surface area (Å²) in [5.41, 5.74) is 0.618. The Morgan fingerprint density at radius 1 is 1.05 bits per heavy atom. The zero-order valence-corrected chi connectivity index (χ0v) is 20.0. The second kappa shape index (κ2) is 9.71. The molecule has 1 aromatic heterocycles. The van der Waals surface area contributed by atoms with Gasteiger partial charge in [0.25, 0.3) is 5.91 Å². The van der Waals surface area contributed by atoms with Crippen LogP contribution < -0.4 is 0 Å². The van der Waals surface area contributed by atoms with Crippen molar-refractivity contribution < 1.29 is 37.4 Å². The molecule has 2 atom stereocenters. The Balaban J connectivity index is 1.20. The van der Waals surface area contributed by atoms with Crippen LogP contribution >= 0.6 is 0 Å². The molecule has 2 bridgehead atoms. The predicted molar refractivity (Wildman–Crippen MR) is 122 cm³/mol. The largest absolute Gasteiger partial charge is 0.481 e. The Morgan fingerprint density at radius 3 is 2.35 bits per heavy atom.